The van der Waals surface area contributed by atoms with Gasteiger partial charge in [-0.15, -0.1) is 0 Å². The van der Waals surface area contributed by atoms with Crippen LogP contribution in [-0.2, 0) is 0 Å². The normalized spacial score (nSPS) is 12.3. The average Bonchev–Trinajstić information content (AvgIpc) is 2.91. The monoisotopic (exact) mass is 500 g/mol. The van der Waals surface area contributed by atoms with Crippen molar-refractivity contribution in [2.24, 2.45) is 0 Å². The third-order valence-electron chi connectivity index (χ3n) is 8.27. The summed E-state index contributed by atoms with van der Waals surface area (Å²) in [6.07, 6.45) is 43.2. The highest BCUT2D eigenvalue weighted by Gasteiger charge is 2.04. The fraction of sp³-hybridized carbons (Fsp3) is 0.857. The summed E-state index contributed by atoms with van der Waals surface area (Å²) in [7, 11) is 0. The van der Waals surface area contributed by atoms with Gasteiger partial charge in [-0.3, -0.25) is 4.98 Å². The van der Waals surface area contributed by atoms with Gasteiger partial charge in [0.2, 0.25) is 0 Å². The van der Waals surface area contributed by atoms with Gasteiger partial charge in [-0.05, 0) is 30.0 Å². The molecule has 0 radical (unpaired) electrons. The molecule has 36 heavy (non-hydrogen) atoms. The molecule has 0 N–H and O–H groups in total. The van der Waals surface area contributed by atoms with E-state index in [1.54, 1.807) is 0 Å². The maximum absolute atomic E-state index is 4.13. The van der Waals surface area contributed by atoms with Crippen LogP contribution in [0, 0.1) is 0 Å². The number of nitrogens with zero attached hydrogens (tertiary/aromatic N) is 1. The van der Waals surface area contributed by atoms with Gasteiger partial charge < -0.3 is 0 Å². The molecule has 1 atom stereocenters. The Hall–Kier alpha value is -0.850. The molecule has 1 unspecified atom stereocenters. The number of hydrogen-bond donors (Lipinski definition) is 0. The maximum Gasteiger partial charge on any atom is 0.0270 e. The Labute approximate surface area is 228 Å². The SMILES string of the molecule is CCCCCCCCCCCCCCCCCCCCCCCCCCCCC(C)c1ccncc1. The summed E-state index contributed by atoms with van der Waals surface area (Å²) in [5.74, 6) is 0.683. The zero-order valence-electron chi connectivity index (χ0n) is 24.9. The lowest BCUT2D eigenvalue weighted by molar-refractivity contribution is 0.512. The van der Waals surface area contributed by atoms with E-state index in [0.717, 1.165) is 0 Å². The van der Waals surface area contributed by atoms with E-state index in [0.29, 0.717) is 5.92 Å². The topological polar surface area (TPSA) is 12.9 Å². The molecule has 1 heteroatoms. The van der Waals surface area contributed by atoms with E-state index in [9.17, 15) is 0 Å². The molecular weight excluding hydrogens is 434 g/mol. The highest BCUT2D eigenvalue weighted by molar-refractivity contribution is 5.14. The average molecular weight is 500 g/mol. The van der Waals surface area contributed by atoms with E-state index in [1.165, 1.54) is 179 Å². The summed E-state index contributed by atoms with van der Waals surface area (Å²) in [4.78, 5) is 4.13. The van der Waals surface area contributed by atoms with Gasteiger partial charge >= 0.3 is 0 Å². The predicted octanol–water partition coefficient (Wildman–Crippen LogP) is 12.7. The summed E-state index contributed by atoms with van der Waals surface area (Å²) in [5, 5.41) is 0. The summed E-state index contributed by atoms with van der Waals surface area (Å²) >= 11 is 0. The first-order chi connectivity index (χ1) is 17.8. The van der Waals surface area contributed by atoms with Crippen molar-refractivity contribution in [3.8, 4) is 0 Å². The van der Waals surface area contributed by atoms with E-state index in [4.69, 9.17) is 0 Å². The van der Waals surface area contributed by atoms with Gasteiger partial charge in [0, 0.05) is 12.4 Å². The van der Waals surface area contributed by atoms with Crippen molar-refractivity contribution in [1.29, 1.82) is 0 Å². The molecule has 0 amide bonds. The molecule has 1 aromatic heterocycles. The molecule has 0 saturated carbocycles. The molecule has 1 rings (SSSR count). The van der Waals surface area contributed by atoms with Crippen molar-refractivity contribution < 1.29 is 0 Å². The van der Waals surface area contributed by atoms with E-state index >= 15 is 0 Å². The molecule has 0 aromatic carbocycles. The van der Waals surface area contributed by atoms with Gasteiger partial charge in [-0.25, -0.2) is 0 Å². The molecule has 1 aromatic rings. The first-order valence-corrected chi connectivity index (χ1v) is 16.7. The number of aromatic nitrogens is 1. The standard InChI is InChI=1S/C35H65N/c1-3-4-5-6-7-8-9-10-11-12-13-14-15-16-17-18-19-20-21-22-23-24-25-26-27-28-29-34(2)35-30-32-36-33-31-35/h30-34H,3-29H2,1-2H3. The van der Waals surface area contributed by atoms with Crippen molar-refractivity contribution >= 4 is 0 Å². The van der Waals surface area contributed by atoms with Crippen LogP contribution in [0.1, 0.15) is 199 Å². The number of unbranched alkanes of at least 4 members (excludes halogenated alkanes) is 25. The first kappa shape index (κ1) is 33.2. The van der Waals surface area contributed by atoms with Gasteiger partial charge in [-0.2, -0.15) is 0 Å². The molecule has 0 bridgehead atoms. The first-order valence-electron chi connectivity index (χ1n) is 16.7. The van der Waals surface area contributed by atoms with Crippen LogP contribution in [0.5, 0.6) is 0 Å². The molecular formula is C35H65N. The molecule has 0 spiro atoms. The highest BCUT2D eigenvalue weighted by atomic mass is 14.6. The second-order valence-corrected chi connectivity index (χ2v) is 11.8. The molecule has 0 aliphatic rings. The molecule has 0 fully saturated rings. The van der Waals surface area contributed by atoms with Crippen LogP contribution in [0.2, 0.25) is 0 Å². The lowest BCUT2D eigenvalue weighted by atomic mass is 9.95. The van der Waals surface area contributed by atoms with Crippen molar-refractivity contribution in [1.82, 2.24) is 4.98 Å². The minimum absolute atomic E-state index is 0.683. The lowest BCUT2D eigenvalue weighted by Crippen LogP contribution is -1.93. The molecule has 1 nitrogen and oxygen atoms in total. The van der Waals surface area contributed by atoms with Crippen LogP contribution in [0.3, 0.4) is 0 Å². The Morgan fingerprint density at radius 3 is 1.03 bits per heavy atom. The van der Waals surface area contributed by atoms with Crippen molar-refractivity contribution in [2.75, 3.05) is 0 Å². The Balaban J connectivity index is 1.67. The van der Waals surface area contributed by atoms with Crippen LogP contribution in [0.25, 0.3) is 0 Å². The summed E-state index contributed by atoms with van der Waals surface area (Å²) in [6, 6.07) is 4.34. The van der Waals surface area contributed by atoms with Crippen molar-refractivity contribution in [3.63, 3.8) is 0 Å². The largest absolute Gasteiger partial charge is 0.265 e. The van der Waals surface area contributed by atoms with Gasteiger partial charge in [-0.1, -0.05) is 181 Å². The second kappa shape index (κ2) is 27.2. The van der Waals surface area contributed by atoms with E-state index in [-0.39, 0.29) is 0 Å². The Morgan fingerprint density at radius 2 is 0.722 bits per heavy atom. The van der Waals surface area contributed by atoms with Crippen LogP contribution < -0.4 is 0 Å². The predicted molar refractivity (Wildman–Crippen MR) is 163 cm³/mol. The Morgan fingerprint density at radius 1 is 0.444 bits per heavy atom. The third kappa shape index (κ3) is 22.4. The van der Waals surface area contributed by atoms with E-state index in [1.807, 2.05) is 12.4 Å². The van der Waals surface area contributed by atoms with E-state index in [2.05, 4.69) is 31.0 Å². The lowest BCUT2D eigenvalue weighted by Gasteiger charge is -2.11. The summed E-state index contributed by atoms with van der Waals surface area (Å²) in [6.45, 7) is 4.66. The van der Waals surface area contributed by atoms with Crippen molar-refractivity contribution in [3.05, 3.63) is 30.1 Å². The fourth-order valence-electron chi connectivity index (χ4n) is 5.63. The van der Waals surface area contributed by atoms with Gasteiger partial charge in [0.15, 0.2) is 0 Å². The number of pyridine rings is 1. The fourth-order valence-corrected chi connectivity index (χ4v) is 5.63. The molecule has 1 heterocycles. The van der Waals surface area contributed by atoms with Crippen LogP contribution >= 0.6 is 0 Å². The van der Waals surface area contributed by atoms with Crippen molar-refractivity contribution in [2.45, 2.75) is 193 Å². The number of rotatable bonds is 28. The van der Waals surface area contributed by atoms with Gasteiger partial charge in [0.25, 0.3) is 0 Å². The van der Waals surface area contributed by atoms with Crippen LogP contribution in [0.4, 0.5) is 0 Å². The number of hydrogen-bond acceptors (Lipinski definition) is 1. The molecule has 0 saturated heterocycles. The van der Waals surface area contributed by atoms with Gasteiger partial charge in [0.05, 0.1) is 0 Å². The second-order valence-electron chi connectivity index (χ2n) is 11.8. The smallest absolute Gasteiger partial charge is 0.0270 e. The molecule has 0 aliphatic carbocycles. The third-order valence-corrected chi connectivity index (χ3v) is 8.27. The van der Waals surface area contributed by atoms with Gasteiger partial charge in [0.1, 0.15) is 0 Å². The Kier molecular flexibility index (Phi) is 25.1. The minimum Gasteiger partial charge on any atom is -0.265 e. The summed E-state index contributed by atoms with van der Waals surface area (Å²) in [5.41, 5.74) is 1.45. The van der Waals surface area contributed by atoms with E-state index < -0.39 is 0 Å². The quantitative estimate of drug-likeness (QED) is 0.104. The Bertz CT molecular complexity index is 525. The summed E-state index contributed by atoms with van der Waals surface area (Å²) < 4.78 is 0. The zero-order chi connectivity index (χ0) is 25.8. The highest BCUT2D eigenvalue weighted by Crippen LogP contribution is 2.22. The zero-order valence-corrected chi connectivity index (χ0v) is 24.9. The molecule has 210 valence electrons. The molecule has 0 aliphatic heterocycles. The van der Waals surface area contributed by atoms with Crippen LogP contribution in [-0.4, -0.2) is 4.98 Å². The minimum atomic E-state index is 0.683. The van der Waals surface area contributed by atoms with Crippen LogP contribution in [0.15, 0.2) is 24.5 Å². The maximum atomic E-state index is 4.13.